The standard InChI is InChI=1S/C7H8O2S2.C4H4S2/c8-6(9)3-5-11-7-2-1-4-10-7;5-4-2-1-3-6-4/h1-2,4H,3,5H2,(H,8,9);1-3,5H. The average Bonchev–Trinajstić information content (AvgIpc) is 2.91. The molecular weight excluding hydrogens is 292 g/mol. The van der Waals surface area contributed by atoms with Crippen molar-refractivity contribution in [1.29, 1.82) is 0 Å². The van der Waals surface area contributed by atoms with Crippen LogP contribution in [0, 0.1) is 0 Å². The summed E-state index contributed by atoms with van der Waals surface area (Å²) in [6, 6.07) is 7.91. The van der Waals surface area contributed by atoms with Crippen LogP contribution in [0.4, 0.5) is 0 Å². The highest BCUT2D eigenvalue weighted by Gasteiger charge is 1.98. The van der Waals surface area contributed by atoms with Crippen LogP contribution in [0.15, 0.2) is 43.4 Å². The van der Waals surface area contributed by atoms with Gasteiger partial charge in [-0.1, -0.05) is 12.1 Å². The van der Waals surface area contributed by atoms with Crippen molar-refractivity contribution in [3.8, 4) is 0 Å². The van der Waals surface area contributed by atoms with E-state index in [0.29, 0.717) is 5.75 Å². The molecule has 2 nitrogen and oxygen atoms in total. The second kappa shape index (κ2) is 8.63. The molecule has 0 aromatic carbocycles. The monoisotopic (exact) mass is 304 g/mol. The molecule has 0 spiro atoms. The first-order chi connectivity index (χ1) is 8.18. The molecule has 0 fully saturated rings. The van der Waals surface area contributed by atoms with Gasteiger partial charge >= 0.3 is 5.97 Å². The first-order valence-electron chi connectivity index (χ1n) is 4.79. The van der Waals surface area contributed by atoms with E-state index in [2.05, 4.69) is 12.6 Å². The van der Waals surface area contributed by atoms with Gasteiger partial charge in [-0.2, -0.15) is 0 Å². The van der Waals surface area contributed by atoms with E-state index in [1.807, 2.05) is 35.0 Å². The Morgan fingerprint density at radius 3 is 2.41 bits per heavy atom. The minimum absolute atomic E-state index is 0.239. The molecule has 0 radical (unpaired) electrons. The molecule has 0 aliphatic carbocycles. The molecule has 92 valence electrons. The molecule has 6 heteroatoms. The van der Waals surface area contributed by atoms with Crippen LogP contribution in [0.5, 0.6) is 0 Å². The lowest BCUT2D eigenvalue weighted by Crippen LogP contribution is -1.95. The van der Waals surface area contributed by atoms with Gasteiger partial charge in [-0.25, -0.2) is 0 Å². The average molecular weight is 304 g/mol. The number of hydrogen-bond donors (Lipinski definition) is 2. The number of rotatable bonds is 4. The number of thiol groups is 1. The maximum atomic E-state index is 10.1. The zero-order chi connectivity index (χ0) is 12.5. The van der Waals surface area contributed by atoms with Crippen molar-refractivity contribution in [2.24, 2.45) is 0 Å². The molecule has 2 aromatic heterocycles. The molecule has 17 heavy (non-hydrogen) atoms. The van der Waals surface area contributed by atoms with Crippen molar-refractivity contribution in [2.45, 2.75) is 14.8 Å². The SMILES string of the molecule is O=C(O)CCSc1cccs1.Sc1cccs1. The Kier molecular flexibility index (Phi) is 7.43. The zero-order valence-electron chi connectivity index (χ0n) is 8.91. The van der Waals surface area contributed by atoms with Gasteiger partial charge in [0.25, 0.3) is 0 Å². The molecule has 2 rings (SSSR count). The Bertz CT molecular complexity index is 409. The highest BCUT2D eigenvalue weighted by Crippen LogP contribution is 2.23. The fourth-order valence-corrected chi connectivity index (χ4v) is 3.37. The summed E-state index contributed by atoms with van der Waals surface area (Å²) < 4.78 is 2.27. The quantitative estimate of drug-likeness (QED) is 0.651. The third-order valence-electron chi connectivity index (χ3n) is 1.56. The molecule has 0 unspecified atom stereocenters. The van der Waals surface area contributed by atoms with Gasteiger partial charge in [0.2, 0.25) is 0 Å². The lowest BCUT2D eigenvalue weighted by atomic mass is 10.5. The van der Waals surface area contributed by atoms with Crippen LogP contribution in [0.3, 0.4) is 0 Å². The van der Waals surface area contributed by atoms with Crippen molar-refractivity contribution in [3.05, 3.63) is 35.0 Å². The van der Waals surface area contributed by atoms with Gasteiger partial charge in [0, 0.05) is 5.75 Å². The molecule has 2 heterocycles. The van der Waals surface area contributed by atoms with Crippen LogP contribution in [0.1, 0.15) is 6.42 Å². The summed E-state index contributed by atoms with van der Waals surface area (Å²) in [7, 11) is 0. The first-order valence-corrected chi connectivity index (χ1v) is 7.98. The predicted molar refractivity (Wildman–Crippen MR) is 78.9 cm³/mol. The molecule has 0 atom stereocenters. The van der Waals surface area contributed by atoms with Gasteiger partial charge < -0.3 is 5.11 Å². The number of hydrogen-bond acceptors (Lipinski definition) is 5. The van der Waals surface area contributed by atoms with Gasteiger partial charge in [-0.05, 0) is 22.9 Å². The van der Waals surface area contributed by atoms with Gasteiger partial charge in [0.15, 0.2) is 0 Å². The molecule has 0 aliphatic heterocycles. The first kappa shape index (κ1) is 14.6. The van der Waals surface area contributed by atoms with E-state index in [4.69, 9.17) is 5.11 Å². The minimum Gasteiger partial charge on any atom is -0.481 e. The number of thiophene rings is 2. The molecule has 0 saturated heterocycles. The Balaban J connectivity index is 0.000000202. The third-order valence-corrected chi connectivity index (χ3v) is 4.83. The van der Waals surface area contributed by atoms with Crippen LogP contribution in [-0.4, -0.2) is 16.8 Å². The largest absolute Gasteiger partial charge is 0.481 e. The fraction of sp³-hybridized carbons (Fsp3) is 0.182. The molecule has 0 saturated carbocycles. The molecule has 2 aromatic rings. The Hall–Kier alpha value is -0.430. The fourth-order valence-electron chi connectivity index (χ4n) is 0.854. The number of carboxylic acid groups (broad SMARTS) is 1. The maximum Gasteiger partial charge on any atom is 0.304 e. The van der Waals surface area contributed by atoms with Crippen LogP contribution in [0.2, 0.25) is 0 Å². The summed E-state index contributed by atoms with van der Waals surface area (Å²) >= 11 is 8.93. The normalized spacial score (nSPS) is 9.47. The van der Waals surface area contributed by atoms with Crippen LogP contribution in [-0.2, 0) is 4.79 Å². The molecule has 0 aliphatic rings. The second-order valence-corrected chi connectivity index (χ2v) is 6.95. The van der Waals surface area contributed by atoms with Crippen molar-refractivity contribution in [3.63, 3.8) is 0 Å². The summed E-state index contributed by atoms with van der Waals surface area (Å²) in [4.78, 5) is 10.1. The van der Waals surface area contributed by atoms with Crippen molar-refractivity contribution < 1.29 is 9.90 Å². The molecular formula is C11H12O2S4. The lowest BCUT2D eigenvalue weighted by Gasteiger charge is -1.92. The lowest BCUT2D eigenvalue weighted by molar-refractivity contribution is -0.136. The highest BCUT2D eigenvalue weighted by molar-refractivity contribution is 8.01. The summed E-state index contributed by atoms with van der Waals surface area (Å²) in [5, 5.41) is 12.3. The van der Waals surface area contributed by atoms with E-state index in [1.165, 1.54) is 4.21 Å². The molecule has 0 amide bonds. The molecule has 0 bridgehead atoms. The van der Waals surface area contributed by atoms with Crippen LogP contribution >= 0.6 is 47.1 Å². The summed E-state index contributed by atoms with van der Waals surface area (Å²) in [6.45, 7) is 0. The number of thioether (sulfide) groups is 1. The second-order valence-electron chi connectivity index (χ2n) is 2.88. The van der Waals surface area contributed by atoms with E-state index >= 15 is 0 Å². The van der Waals surface area contributed by atoms with Crippen LogP contribution < -0.4 is 0 Å². The van der Waals surface area contributed by atoms with Gasteiger partial charge in [0.05, 0.1) is 14.8 Å². The Labute approximate surface area is 118 Å². The maximum absolute atomic E-state index is 10.1. The smallest absolute Gasteiger partial charge is 0.304 e. The zero-order valence-corrected chi connectivity index (χ0v) is 12.2. The van der Waals surface area contributed by atoms with E-state index in [0.717, 1.165) is 4.21 Å². The third kappa shape index (κ3) is 7.49. The van der Waals surface area contributed by atoms with E-state index in [1.54, 1.807) is 34.4 Å². The number of aliphatic carboxylic acids is 1. The number of carbonyl (C=O) groups is 1. The van der Waals surface area contributed by atoms with Gasteiger partial charge in [0.1, 0.15) is 0 Å². The van der Waals surface area contributed by atoms with E-state index in [-0.39, 0.29) is 6.42 Å². The van der Waals surface area contributed by atoms with Gasteiger partial charge in [-0.15, -0.1) is 47.1 Å². The Morgan fingerprint density at radius 2 is 2.00 bits per heavy atom. The molecule has 1 N–H and O–H groups in total. The topological polar surface area (TPSA) is 37.3 Å². The van der Waals surface area contributed by atoms with Crippen LogP contribution in [0.25, 0.3) is 0 Å². The van der Waals surface area contributed by atoms with E-state index < -0.39 is 5.97 Å². The summed E-state index contributed by atoms with van der Waals surface area (Å²) in [6.07, 6.45) is 0.239. The minimum atomic E-state index is -0.728. The summed E-state index contributed by atoms with van der Waals surface area (Å²) in [5.41, 5.74) is 0. The predicted octanol–water partition coefficient (Wildman–Crippen LogP) is 4.35. The van der Waals surface area contributed by atoms with Crippen molar-refractivity contribution >= 4 is 53.0 Å². The Morgan fingerprint density at radius 1 is 1.29 bits per heavy atom. The number of carboxylic acids is 1. The summed E-state index contributed by atoms with van der Waals surface area (Å²) in [5.74, 6) is -0.0652. The van der Waals surface area contributed by atoms with Crippen molar-refractivity contribution in [2.75, 3.05) is 5.75 Å². The van der Waals surface area contributed by atoms with Gasteiger partial charge in [-0.3, -0.25) is 4.79 Å². The van der Waals surface area contributed by atoms with Crippen molar-refractivity contribution in [1.82, 2.24) is 0 Å². The van der Waals surface area contributed by atoms with E-state index in [9.17, 15) is 4.79 Å². The highest BCUT2D eigenvalue weighted by atomic mass is 32.2.